The lowest BCUT2D eigenvalue weighted by molar-refractivity contribution is -0.386. The van der Waals surface area contributed by atoms with E-state index in [-0.39, 0.29) is 17.3 Å². The van der Waals surface area contributed by atoms with E-state index in [9.17, 15) is 14.9 Å². The van der Waals surface area contributed by atoms with Crippen LogP contribution in [0.4, 0.5) is 11.4 Å². The summed E-state index contributed by atoms with van der Waals surface area (Å²) < 4.78 is 1.36. The van der Waals surface area contributed by atoms with Gasteiger partial charge in [0, 0.05) is 10.7 Å². The number of aromatic nitrogens is 2. The van der Waals surface area contributed by atoms with Crippen LogP contribution >= 0.6 is 11.6 Å². The van der Waals surface area contributed by atoms with Crippen molar-refractivity contribution < 1.29 is 9.72 Å². The Morgan fingerprint density at radius 2 is 1.95 bits per heavy atom. The fourth-order valence-corrected chi connectivity index (χ4v) is 2.31. The summed E-state index contributed by atoms with van der Waals surface area (Å²) in [5, 5.41) is 18.4. The molecule has 2 rings (SSSR count). The second-order valence-electron chi connectivity index (χ2n) is 4.89. The first kappa shape index (κ1) is 16.0. The van der Waals surface area contributed by atoms with Gasteiger partial charge in [0.2, 0.25) is 5.91 Å². The molecule has 1 amide bonds. The summed E-state index contributed by atoms with van der Waals surface area (Å²) in [6, 6.07) is 6.00. The number of nitro groups is 1. The van der Waals surface area contributed by atoms with Crippen LogP contribution in [0.5, 0.6) is 0 Å². The van der Waals surface area contributed by atoms with Gasteiger partial charge in [-0.05, 0) is 45.0 Å². The van der Waals surface area contributed by atoms with E-state index >= 15 is 0 Å². The number of nitrogens with one attached hydrogen (secondary N) is 1. The van der Waals surface area contributed by atoms with Crippen molar-refractivity contribution in [2.45, 2.75) is 26.8 Å². The van der Waals surface area contributed by atoms with E-state index in [0.717, 1.165) is 0 Å². The molecule has 0 saturated carbocycles. The average Bonchev–Trinajstić information content (AvgIpc) is 2.75. The number of nitrogens with zero attached hydrogens (tertiary/aromatic N) is 3. The number of amides is 1. The van der Waals surface area contributed by atoms with Crippen LogP contribution in [0.3, 0.4) is 0 Å². The van der Waals surface area contributed by atoms with Gasteiger partial charge < -0.3 is 5.32 Å². The summed E-state index contributed by atoms with van der Waals surface area (Å²) in [4.78, 5) is 22.8. The van der Waals surface area contributed by atoms with Crippen LogP contribution < -0.4 is 5.32 Å². The number of anilines is 1. The zero-order chi connectivity index (χ0) is 16.4. The monoisotopic (exact) mass is 322 g/mol. The normalized spacial score (nSPS) is 12.0. The zero-order valence-electron chi connectivity index (χ0n) is 12.3. The molecule has 1 aromatic heterocycles. The molecule has 22 heavy (non-hydrogen) atoms. The Bertz CT molecular complexity index is 724. The summed E-state index contributed by atoms with van der Waals surface area (Å²) in [5.41, 5.74) is 1.17. The number of benzene rings is 1. The van der Waals surface area contributed by atoms with Crippen LogP contribution in [-0.4, -0.2) is 20.6 Å². The second kappa shape index (κ2) is 6.15. The van der Waals surface area contributed by atoms with Crippen molar-refractivity contribution in [2.75, 3.05) is 5.32 Å². The predicted molar refractivity (Wildman–Crippen MR) is 83.1 cm³/mol. The van der Waals surface area contributed by atoms with Gasteiger partial charge in [0.15, 0.2) is 0 Å². The van der Waals surface area contributed by atoms with Crippen LogP contribution in [0, 0.1) is 24.0 Å². The molecule has 0 bridgehead atoms. The number of rotatable bonds is 4. The van der Waals surface area contributed by atoms with Gasteiger partial charge >= 0.3 is 5.69 Å². The van der Waals surface area contributed by atoms with E-state index in [1.165, 1.54) is 4.68 Å². The Labute approximate surface area is 132 Å². The van der Waals surface area contributed by atoms with Crippen LogP contribution in [-0.2, 0) is 4.79 Å². The number of carbonyl (C=O) groups excluding carboxylic acids is 1. The lowest BCUT2D eigenvalue weighted by atomic mass is 10.2. The minimum atomic E-state index is -0.678. The molecule has 0 spiro atoms. The summed E-state index contributed by atoms with van der Waals surface area (Å²) in [5.74, 6) is -0.317. The van der Waals surface area contributed by atoms with Crippen molar-refractivity contribution >= 4 is 28.9 Å². The molecule has 0 aliphatic heterocycles. The van der Waals surface area contributed by atoms with Gasteiger partial charge in [-0.15, -0.1) is 0 Å². The molecule has 2 aromatic rings. The van der Waals surface area contributed by atoms with Crippen molar-refractivity contribution in [3.05, 3.63) is 50.8 Å². The summed E-state index contributed by atoms with van der Waals surface area (Å²) in [6.07, 6.45) is 0. The highest BCUT2D eigenvalue weighted by Gasteiger charge is 2.27. The Kier molecular flexibility index (Phi) is 4.46. The maximum atomic E-state index is 12.3. The first-order chi connectivity index (χ1) is 10.3. The standard InChI is InChI=1S/C14H15ClN4O3/c1-8-13(19(21)22)9(2)18(17-8)10(3)14(20)16-12-6-4-11(15)5-7-12/h4-7,10H,1-3H3,(H,16,20)/t10-/m0/s1. The molecule has 1 aromatic carbocycles. The van der Waals surface area contributed by atoms with Crippen LogP contribution in [0.2, 0.25) is 5.02 Å². The van der Waals surface area contributed by atoms with E-state index in [1.54, 1.807) is 45.0 Å². The first-order valence-electron chi connectivity index (χ1n) is 6.57. The van der Waals surface area contributed by atoms with E-state index in [2.05, 4.69) is 10.4 Å². The molecule has 0 radical (unpaired) electrons. The molecule has 0 aliphatic rings. The van der Waals surface area contributed by atoms with Gasteiger partial charge in [-0.25, -0.2) is 0 Å². The molecule has 116 valence electrons. The molecule has 0 fully saturated rings. The van der Waals surface area contributed by atoms with E-state index in [4.69, 9.17) is 11.6 Å². The van der Waals surface area contributed by atoms with Gasteiger partial charge in [-0.3, -0.25) is 19.6 Å². The second-order valence-corrected chi connectivity index (χ2v) is 5.33. The fourth-order valence-electron chi connectivity index (χ4n) is 2.19. The smallest absolute Gasteiger partial charge is 0.312 e. The minimum absolute atomic E-state index is 0.0638. The Balaban J connectivity index is 2.22. The number of hydrogen-bond donors (Lipinski definition) is 1. The number of aryl methyl sites for hydroxylation is 1. The van der Waals surface area contributed by atoms with Gasteiger partial charge in [0.05, 0.1) is 4.92 Å². The van der Waals surface area contributed by atoms with Crippen LogP contribution in [0.1, 0.15) is 24.4 Å². The molecule has 1 N–H and O–H groups in total. The maximum absolute atomic E-state index is 12.3. The van der Waals surface area contributed by atoms with Gasteiger partial charge in [0.25, 0.3) is 0 Å². The van der Waals surface area contributed by atoms with Crippen molar-refractivity contribution in [3.8, 4) is 0 Å². The van der Waals surface area contributed by atoms with Gasteiger partial charge in [-0.1, -0.05) is 11.6 Å². The molecule has 1 atom stereocenters. The molecule has 7 nitrogen and oxygen atoms in total. The zero-order valence-corrected chi connectivity index (χ0v) is 13.1. The quantitative estimate of drug-likeness (QED) is 0.691. The number of carbonyl (C=O) groups is 1. The lowest BCUT2D eigenvalue weighted by Crippen LogP contribution is -2.25. The third kappa shape index (κ3) is 3.09. The van der Waals surface area contributed by atoms with Crippen LogP contribution in [0.15, 0.2) is 24.3 Å². The Morgan fingerprint density at radius 1 is 1.36 bits per heavy atom. The highest BCUT2D eigenvalue weighted by Crippen LogP contribution is 2.25. The molecular formula is C14H15ClN4O3. The minimum Gasteiger partial charge on any atom is -0.324 e. The lowest BCUT2D eigenvalue weighted by Gasteiger charge is -2.14. The molecule has 0 unspecified atom stereocenters. The highest BCUT2D eigenvalue weighted by molar-refractivity contribution is 6.30. The largest absolute Gasteiger partial charge is 0.324 e. The number of halogens is 1. The third-order valence-electron chi connectivity index (χ3n) is 3.33. The Hall–Kier alpha value is -2.41. The van der Waals surface area contributed by atoms with Gasteiger partial charge in [0.1, 0.15) is 17.4 Å². The van der Waals surface area contributed by atoms with Crippen LogP contribution in [0.25, 0.3) is 0 Å². The highest BCUT2D eigenvalue weighted by atomic mass is 35.5. The van der Waals surface area contributed by atoms with E-state index in [0.29, 0.717) is 16.4 Å². The predicted octanol–water partition coefficient (Wildman–Crippen LogP) is 3.26. The van der Waals surface area contributed by atoms with E-state index < -0.39 is 11.0 Å². The van der Waals surface area contributed by atoms with Crippen molar-refractivity contribution in [3.63, 3.8) is 0 Å². The molecule has 1 heterocycles. The van der Waals surface area contributed by atoms with Crippen molar-refractivity contribution in [1.82, 2.24) is 9.78 Å². The first-order valence-corrected chi connectivity index (χ1v) is 6.95. The molecular weight excluding hydrogens is 308 g/mol. The summed E-state index contributed by atoms with van der Waals surface area (Å²) in [6.45, 7) is 4.75. The summed E-state index contributed by atoms with van der Waals surface area (Å²) >= 11 is 5.79. The summed E-state index contributed by atoms with van der Waals surface area (Å²) in [7, 11) is 0. The maximum Gasteiger partial charge on any atom is 0.312 e. The molecule has 0 saturated heterocycles. The molecule has 8 heteroatoms. The van der Waals surface area contributed by atoms with E-state index in [1.807, 2.05) is 0 Å². The van der Waals surface area contributed by atoms with Crippen molar-refractivity contribution in [1.29, 1.82) is 0 Å². The molecule has 0 aliphatic carbocycles. The number of hydrogen-bond acceptors (Lipinski definition) is 4. The Morgan fingerprint density at radius 3 is 2.45 bits per heavy atom. The SMILES string of the molecule is Cc1nn([C@@H](C)C(=O)Nc2ccc(Cl)cc2)c(C)c1[N+](=O)[O-]. The van der Waals surface area contributed by atoms with Crippen molar-refractivity contribution in [2.24, 2.45) is 0 Å². The average molecular weight is 323 g/mol. The topological polar surface area (TPSA) is 90.1 Å². The third-order valence-corrected chi connectivity index (χ3v) is 3.58. The van der Waals surface area contributed by atoms with Gasteiger partial charge in [-0.2, -0.15) is 5.10 Å². The fraction of sp³-hybridized carbons (Fsp3) is 0.286.